The van der Waals surface area contributed by atoms with Gasteiger partial charge in [0.2, 0.25) is 5.95 Å². The van der Waals surface area contributed by atoms with Gasteiger partial charge in [-0.2, -0.15) is 0 Å². The zero-order valence-electron chi connectivity index (χ0n) is 11.2. The molecule has 0 saturated heterocycles. The van der Waals surface area contributed by atoms with Crippen molar-refractivity contribution in [2.45, 2.75) is 0 Å². The zero-order chi connectivity index (χ0) is 15.0. The first-order chi connectivity index (χ1) is 10.1. The van der Waals surface area contributed by atoms with Crippen molar-refractivity contribution < 1.29 is 9.84 Å². The average Bonchev–Trinajstić information content (AvgIpc) is 2.47. The predicted molar refractivity (Wildman–Crippen MR) is 82.6 cm³/mol. The van der Waals surface area contributed by atoms with Crippen LogP contribution in [0.3, 0.4) is 0 Å². The zero-order valence-corrected chi connectivity index (χ0v) is 11.9. The summed E-state index contributed by atoms with van der Waals surface area (Å²) < 4.78 is 5.19. The molecule has 3 rings (SSSR count). The molecule has 21 heavy (non-hydrogen) atoms. The Labute approximate surface area is 126 Å². The second-order valence-corrected chi connectivity index (χ2v) is 4.91. The van der Waals surface area contributed by atoms with E-state index in [0.29, 0.717) is 32.9 Å². The Bertz CT molecular complexity index is 837. The molecule has 0 fully saturated rings. The fraction of sp³-hybridized carbons (Fsp3) is 0.0667. The molecule has 3 N–H and O–H groups in total. The number of aromatic nitrogens is 2. The van der Waals surface area contributed by atoms with Crippen molar-refractivity contribution in [3.8, 4) is 22.8 Å². The molecule has 0 radical (unpaired) electrons. The van der Waals surface area contributed by atoms with Gasteiger partial charge in [-0.05, 0) is 36.4 Å². The molecule has 6 heteroatoms. The second-order valence-electron chi connectivity index (χ2n) is 4.47. The lowest BCUT2D eigenvalue weighted by Gasteiger charge is -2.10. The van der Waals surface area contributed by atoms with Gasteiger partial charge in [-0.3, -0.25) is 0 Å². The number of ether oxygens (including phenoxy) is 1. The summed E-state index contributed by atoms with van der Waals surface area (Å²) in [6, 6.07) is 10.1. The van der Waals surface area contributed by atoms with Gasteiger partial charge in [-0.15, -0.1) is 0 Å². The first-order valence-electron chi connectivity index (χ1n) is 6.18. The molecule has 0 amide bonds. The molecule has 0 unspecified atom stereocenters. The van der Waals surface area contributed by atoms with Crippen molar-refractivity contribution in [3.63, 3.8) is 0 Å². The molecular formula is C15H12ClN3O2. The molecule has 0 atom stereocenters. The van der Waals surface area contributed by atoms with Crippen molar-refractivity contribution >= 4 is 28.5 Å². The number of benzene rings is 2. The Morgan fingerprint density at radius 2 is 1.95 bits per heavy atom. The van der Waals surface area contributed by atoms with Crippen molar-refractivity contribution in [1.82, 2.24) is 9.97 Å². The number of aromatic hydroxyl groups is 1. The highest BCUT2D eigenvalue weighted by Gasteiger charge is 2.13. The summed E-state index contributed by atoms with van der Waals surface area (Å²) in [6.07, 6.45) is 0. The van der Waals surface area contributed by atoms with E-state index in [-0.39, 0.29) is 11.7 Å². The van der Waals surface area contributed by atoms with Crippen molar-refractivity contribution in [2.75, 3.05) is 12.8 Å². The molecule has 0 aliphatic carbocycles. The van der Waals surface area contributed by atoms with E-state index in [1.807, 2.05) is 0 Å². The SMILES string of the molecule is COc1ccc(O)c(-c2nc(N)nc3ccc(Cl)cc23)c1. The fourth-order valence-corrected chi connectivity index (χ4v) is 2.33. The molecular weight excluding hydrogens is 290 g/mol. The maximum absolute atomic E-state index is 10.1. The van der Waals surface area contributed by atoms with Gasteiger partial charge in [0, 0.05) is 16.0 Å². The van der Waals surface area contributed by atoms with Crippen LogP contribution in [0.2, 0.25) is 5.02 Å². The van der Waals surface area contributed by atoms with Crippen LogP contribution in [0.4, 0.5) is 5.95 Å². The molecule has 0 spiro atoms. The first kappa shape index (κ1) is 13.5. The number of fused-ring (bicyclic) bond motifs is 1. The third kappa shape index (κ3) is 2.43. The van der Waals surface area contributed by atoms with Crippen LogP contribution in [0, 0.1) is 0 Å². The predicted octanol–water partition coefficient (Wildman–Crippen LogP) is 3.25. The monoisotopic (exact) mass is 301 g/mol. The number of nitrogens with zero attached hydrogens (tertiary/aromatic N) is 2. The Morgan fingerprint density at radius 3 is 2.71 bits per heavy atom. The summed E-state index contributed by atoms with van der Waals surface area (Å²) in [5, 5.41) is 11.4. The number of nitrogen functional groups attached to an aromatic ring is 1. The number of hydrogen-bond donors (Lipinski definition) is 2. The number of methoxy groups -OCH3 is 1. The number of phenolic OH excluding ortho intramolecular Hbond substituents is 1. The lowest BCUT2D eigenvalue weighted by Crippen LogP contribution is -1.98. The van der Waals surface area contributed by atoms with Crippen LogP contribution in [0.15, 0.2) is 36.4 Å². The van der Waals surface area contributed by atoms with E-state index in [1.54, 1.807) is 43.5 Å². The lowest BCUT2D eigenvalue weighted by atomic mass is 10.1. The minimum absolute atomic E-state index is 0.0789. The summed E-state index contributed by atoms with van der Waals surface area (Å²) >= 11 is 6.04. The van der Waals surface area contributed by atoms with E-state index in [0.717, 1.165) is 0 Å². The molecule has 0 bridgehead atoms. The largest absolute Gasteiger partial charge is 0.507 e. The van der Waals surface area contributed by atoms with Gasteiger partial charge in [0.15, 0.2) is 0 Å². The molecule has 0 aliphatic rings. The molecule has 5 nitrogen and oxygen atoms in total. The van der Waals surface area contributed by atoms with Gasteiger partial charge >= 0.3 is 0 Å². The summed E-state index contributed by atoms with van der Waals surface area (Å²) in [7, 11) is 1.56. The standard InChI is InChI=1S/C15H12ClN3O2/c1-21-9-3-5-13(20)11(7-9)14-10-6-8(16)2-4-12(10)18-15(17)19-14/h2-7,20H,1H3,(H2,17,18,19). The third-order valence-electron chi connectivity index (χ3n) is 3.13. The number of rotatable bonds is 2. The maximum Gasteiger partial charge on any atom is 0.221 e. The minimum atomic E-state index is 0.0789. The molecule has 0 saturated carbocycles. The van der Waals surface area contributed by atoms with Gasteiger partial charge in [0.25, 0.3) is 0 Å². The Hall–Kier alpha value is -2.53. The average molecular weight is 302 g/mol. The van der Waals surface area contributed by atoms with Crippen LogP contribution in [0.25, 0.3) is 22.2 Å². The van der Waals surface area contributed by atoms with Crippen molar-refractivity contribution in [3.05, 3.63) is 41.4 Å². The van der Waals surface area contributed by atoms with Crippen LogP contribution in [0.1, 0.15) is 0 Å². The van der Waals surface area contributed by atoms with Gasteiger partial charge in [-0.25, -0.2) is 9.97 Å². The molecule has 1 aromatic heterocycles. The van der Waals surface area contributed by atoms with Gasteiger partial charge in [0.1, 0.15) is 11.5 Å². The van der Waals surface area contributed by atoms with E-state index < -0.39 is 0 Å². The maximum atomic E-state index is 10.1. The van der Waals surface area contributed by atoms with E-state index in [4.69, 9.17) is 22.1 Å². The van der Waals surface area contributed by atoms with Crippen LogP contribution < -0.4 is 10.5 Å². The number of anilines is 1. The smallest absolute Gasteiger partial charge is 0.221 e. The van der Waals surface area contributed by atoms with Crippen molar-refractivity contribution in [1.29, 1.82) is 0 Å². The minimum Gasteiger partial charge on any atom is -0.507 e. The van der Waals surface area contributed by atoms with Gasteiger partial charge in [-0.1, -0.05) is 11.6 Å². The highest BCUT2D eigenvalue weighted by molar-refractivity contribution is 6.31. The number of halogens is 1. The summed E-state index contributed by atoms with van der Waals surface area (Å²) in [6.45, 7) is 0. The molecule has 3 aromatic rings. The van der Waals surface area contributed by atoms with Gasteiger partial charge < -0.3 is 15.6 Å². The van der Waals surface area contributed by atoms with E-state index in [2.05, 4.69) is 9.97 Å². The summed E-state index contributed by atoms with van der Waals surface area (Å²) in [4.78, 5) is 8.41. The number of phenols is 1. The quantitative estimate of drug-likeness (QED) is 0.759. The normalized spacial score (nSPS) is 10.8. The highest BCUT2D eigenvalue weighted by Crippen LogP contribution is 2.36. The van der Waals surface area contributed by atoms with Crippen molar-refractivity contribution in [2.24, 2.45) is 0 Å². The topological polar surface area (TPSA) is 81.3 Å². The molecule has 106 valence electrons. The van der Waals surface area contributed by atoms with Crippen LogP contribution in [-0.4, -0.2) is 22.2 Å². The Morgan fingerprint density at radius 1 is 1.14 bits per heavy atom. The first-order valence-corrected chi connectivity index (χ1v) is 6.56. The van der Waals surface area contributed by atoms with Crippen LogP contribution >= 0.6 is 11.6 Å². The number of nitrogens with two attached hydrogens (primary N) is 1. The van der Waals surface area contributed by atoms with E-state index >= 15 is 0 Å². The molecule has 1 heterocycles. The Kier molecular flexibility index (Phi) is 3.27. The van der Waals surface area contributed by atoms with Gasteiger partial charge in [0.05, 0.1) is 18.3 Å². The fourth-order valence-electron chi connectivity index (χ4n) is 2.16. The number of hydrogen-bond acceptors (Lipinski definition) is 5. The molecule has 2 aromatic carbocycles. The molecule has 0 aliphatic heterocycles. The third-order valence-corrected chi connectivity index (χ3v) is 3.37. The van der Waals surface area contributed by atoms with Crippen LogP contribution in [0.5, 0.6) is 11.5 Å². The lowest BCUT2D eigenvalue weighted by molar-refractivity contribution is 0.412. The van der Waals surface area contributed by atoms with Crippen LogP contribution in [-0.2, 0) is 0 Å². The van der Waals surface area contributed by atoms with E-state index in [1.165, 1.54) is 0 Å². The van der Waals surface area contributed by atoms with E-state index in [9.17, 15) is 5.11 Å². The second kappa shape index (κ2) is 5.10. The highest BCUT2D eigenvalue weighted by atomic mass is 35.5. The summed E-state index contributed by atoms with van der Waals surface area (Å²) in [5.74, 6) is 0.812. The summed E-state index contributed by atoms with van der Waals surface area (Å²) in [5.41, 5.74) is 7.43. The Balaban J connectivity index is 2.36.